The van der Waals surface area contributed by atoms with Gasteiger partial charge in [0, 0.05) is 23.6 Å². The number of rotatable bonds is 1. The number of thiophene rings is 1. The lowest BCUT2D eigenvalue weighted by Crippen LogP contribution is -1.78. The molecular weight excluding hydrogens is 208 g/mol. The first-order valence-corrected chi connectivity index (χ1v) is 5.48. The summed E-state index contributed by atoms with van der Waals surface area (Å²) in [4.78, 5) is 9.61. The van der Waals surface area contributed by atoms with Crippen LogP contribution in [0.4, 0.5) is 0 Å². The zero-order chi connectivity index (χ0) is 10.3. The summed E-state index contributed by atoms with van der Waals surface area (Å²) in [5.41, 5.74) is 2.50. The molecule has 0 fully saturated rings. The van der Waals surface area contributed by atoms with Crippen molar-refractivity contribution in [3.05, 3.63) is 35.7 Å². The Morgan fingerprint density at radius 1 is 1.40 bits per heavy atom. The van der Waals surface area contributed by atoms with Gasteiger partial charge >= 0.3 is 0 Å². The van der Waals surface area contributed by atoms with Crippen molar-refractivity contribution in [2.24, 2.45) is 0 Å². The fraction of sp³-hybridized carbons (Fsp3) is 0.0909. The highest BCUT2D eigenvalue weighted by molar-refractivity contribution is 7.13. The molecule has 0 amide bonds. The molecular formula is C11H8N2OS. The zero-order valence-corrected chi connectivity index (χ0v) is 8.91. The number of aromatic nitrogens is 2. The standard InChI is InChI=1S/C11H8N2OS/c1-7-13-11-9(14-7)5-8(6-12-11)10-3-2-4-15-10/h2-6H,1H3. The van der Waals surface area contributed by atoms with Gasteiger partial charge in [0.1, 0.15) is 0 Å². The van der Waals surface area contributed by atoms with Crippen molar-refractivity contribution >= 4 is 22.6 Å². The van der Waals surface area contributed by atoms with Gasteiger partial charge in [0.15, 0.2) is 17.1 Å². The third-order valence-electron chi connectivity index (χ3n) is 2.16. The van der Waals surface area contributed by atoms with Crippen LogP contribution in [0.5, 0.6) is 0 Å². The third-order valence-corrected chi connectivity index (χ3v) is 3.08. The minimum absolute atomic E-state index is 0.654. The molecule has 0 unspecified atom stereocenters. The minimum atomic E-state index is 0.654. The highest BCUT2D eigenvalue weighted by Crippen LogP contribution is 2.26. The largest absolute Gasteiger partial charge is 0.439 e. The Morgan fingerprint density at radius 3 is 3.13 bits per heavy atom. The number of fused-ring (bicyclic) bond motifs is 1. The Bertz CT molecular complexity index is 598. The maximum absolute atomic E-state index is 5.44. The molecule has 0 aliphatic heterocycles. The van der Waals surface area contributed by atoms with E-state index in [-0.39, 0.29) is 0 Å². The van der Waals surface area contributed by atoms with Gasteiger partial charge in [-0.3, -0.25) is 0 Å². The van der Waals surface area contributed by atoms with E-state index in [9.17, 15) is 0 Å². The zero-order valence-electron chi connectivity index (χ0n) is 8.10. The van der Waals surface area contributed by atoms with Crippen LogP contribution < -0.4 is 0 Å². The van der Waals surface area contributed by atoms with E-state index in [0.717, 1.165) is 11.1 Å². The SMILES string of the molecule is Cc1nc2ncc(-c3cccs3)cc2o1. The van der Waals surface area contributed by atoms with Crippen molar-refractivity contribution in [3.63, 3.8) is 0 Å². The Kier molecular flexibility index (Phi) is 1.82. The van der Waals surface area contributed by atoms with Crippen LogP contribution in [-0.4, -0.2) is 9.97 Å². The molecule has 0 spiro atoms. The summed E-state index contributed by atoms with van der Waals surface area (Å²) in [5, 5.41) is 2.05. The van der Waals surface area contributed by atoms with E-state index in [0.29, 0.717) is 11.5 Å². The van der Waals surface area contributed by atoms with Crippen LogP contribution in [-0.2, 0) is 0 Å². The molecule has 0 aliphatic carbocycles. The van der Waals surface area contributed by atoms with Crippen LogP contribution in [0, 0.1) is 6.92 Å². The summed E-state index contributed by atoms with van der Waals surface area (Å²) in [7, 11) is 0. The first-order valence-electron chi connectivity index (χ1n) is 4.60. The molecule has 3 heterocycles. The molecule has 0 radical (unpaired) electrons. The molecule has 0 bridgehead atoms. The smallest absolute Gasteiger partial charge is 0.198 e. The summed E-state index contributed by atoms with van der Waals surface area (Å²) in [5.74, 6) is 0.654. The molecule has 0 aromatic carbocycles. The van der Waals surface area contributed by atoms with Crippen molar-refractivity contribution < 1.29 is 4.42 Å². The summed E-state index contributed by atoms with van der Waals surface area (Å²) >= 11 is 1.69. The number of pyridine rings is 1. The Balaban J connectivity index is 2.21. The van der Waals surface area contributed by atoms with Crippen molar-refractivity contribution in [3.8, 4) is 10.4 Å². The summed E-state index contributed by atoms with van der Waals surface area (Å²) in [6.45, 7) is 1.83. The molecule has 3 aromatic rings. The highest BCUT2D eigenvalue weighted by Gasteiger charge is 2.06. The predicted octanol–water partition coefficient (Wildman–Crippen LogP) is 3.26. The number of hydrogen-bond acceptors (Lipinski definition) is 4. The van der Waals surface area contributed by atoms with Gasteiger partial charge < -0.3 is 4.42 Å². The molecule has 74 valence electrons. The minimum Gasteiger partial charge on any atom is -0.439 e. The van der Waals surface area contributed by atoms with Crippen LogP contribution in [0.2, 0.25) is 0 Å². The molecule has 0 N–H and O–H groups in total. The Hall–Kier alpha value is -1.68. The first kappa shape index (κ1) is 8.61. The second-order valence-corrected chi connectivity index (χ2v) is 4.20. The van der Waals surface area contributed by atoms with Crippen LogP contribution in [0.15, 0.2) is 34.2 Å². The van der Waals surface area contributed by atoms with Gasteiger partial charge in [-0.05, 0) is 17.5 Å². The van der Waals surface area contributed by atoms with Crippen LogP contribution in [0.1, 0.15) is 5.89 Å². The maximum Gasteiger partial charge on any atom is 0.198 e. The molecule has 3 nitrogen and oxygen atoms in total. The van der Waals surface area contributed by atoms with E-state index in [4.69, 9.17) is 4.42 Å². The van der Waals surface area contributed by atoms with E-state index in [1.165, 1.54) is 4.88 Å². The number of hydrogen-bond donors (Lipinski definition) is 0. The van der Waals surface area contributed by atoms with Gasteiger partial charge in [0.05, 0.1) is 0 Å². The van der Waals surface area contributed by atoms with E-state index in [1.54, 1.807) is 11.3 Å². The summed E-state index contributed by atoms with van der Waals surface area (Å²) in [6.07, 6.45) is 1.83. The normalized spacial score (nSPS) is 11.0. The second kappa shape index (κ2) is 3.17. The molecule has 3 aromatic heterocycles. The van der Waals surface area contributed by atoms with Gasteiger partial charge in [0.25, 0.3) is 0 Å². The molecule has 4 heteroatoms. The quantitative estimate of drug-likeness (QED) is 0.626. The van der Waals surface area contributed by atoms with Gasteiger partial charge in [0.2, 0.25) is 0 Å². The van der Waals surface area contributed by atoms with Gasteiger partial charge in [-0.25, -0.2) is 4.98 Å². The third kappa shape index (κ3) is 1.43. The van der Waals surface area contributed by atoms with E-state index in [2.05, 4.69) is 16.0 Å². The predicted molar refractivity (Wildman–Crippen MR) is 59.9 cm³/mol. The summed E-state index contributed by atoms with van der Waals surface area (Å²) < 4.78 is 5.44. The monoisotopic (exact) mass is 216 g/mol. The van der Waals surface area contributed by atoms with Crippen LogP contribution in [0.25, 0.3) is 21.7 Å². The first-order chi connectivity index (χ1) is 7.33. The maximum atomic E-state index is 5.44. The summed E-state index contributed by atoms with van der Waals surface area (Å²) in [6, 6.07) is 6.07. The highest BCUT2D eigenvalue weighted by atomic mass is 32.1. The lowest BCUT2D eigenvalue weighted by Gasteiger charge is -1.94. The van der Waals surface area contributed by atoms with Gasteiger partial charge in [-0.2, -0.15) is 4.98 Å². The lowest BCUT2D eigenvalue weighted by molar-refractivity contribution is 0.561. The fourth-order valence-corrected chi connectivity index (χ4v) is 2.21. The van der Waals surface area contributed by atoms with E-state index < -0.39 is 0 Å². The second-order valence-electron chi connectivity index (χ2n) is 3.26. The molecule has 3 rings (SSSR count). The number of aryl methyl sites for hydroxylation is 1. The average molecular weight is 216 g/mol. The van der Waals surface area contributed by atoms with E-state index in [1.807, 2.05) is 30.6 Å². The van der Waals surface area contributed by atoms with Gasteiger partial charge in [-0.15, -0.1) is 11.3 Å². The van der Waals surface area contributed by atoms with Gasteiger partial charge in [-0.1, -0.05) is 6.07 Å². The lowest BCUT2D eigenvalue weighted by atomic mass is 10.2. The topological polar surface area (TPSA) is 38.9 Å². The molecule has 0 atom stereocenters. The van der Waals surface area contributed by atoms with Crippen LogP contribution in [0.3, 0.4) is 0 Å². The van der Waals surface area contributed by atoms with Crippen molar-refractivity contribution in [2.75, 3.05) is 0 Å². The molecule has 0 saturated heterocycles. The Morgan fingerprint density at radius 2 is 2.33 bits per heavy atom. The molecule has 0 aliphatic rings. The Labute approximate surface area is 90.4 Å². The van der Waals surface area contributed by atoms with E-state index >= 15 is 0 Å². The number of nitrogens with zero attached hydrogens (tertiary/aromatic N) is 2. The van der Waals surface area contributed by atoms with Crippen molar-refractivity contribution in [2.45, 2.75) is 6.92 Å². The fourth-order valence-electron chi connectivity index (χ4n) is 1.51. The van der Waals surface area contributed by atoms with Crippen molar-refractivity contribution in [1.82, 2.24) is 9.97 Å². The average Bonchev–Trinajstić information content (AvgIpc) is 2.82. The van der Waals surface area contributed by atoms with Crippen molar-refractivity contribution in [1.29, 1.82) is 0 Å². The molecule has 15 heavy (non-hydrogen) atoms. The van der Waals surface area contributed by atoms with Crippen LogP contribution >= 0.6 is 11.3 Å². The molecule has 0 saturated carbocycles. The number of oxazole rings is 1.